The Labute approximate surface area is 179 Å². The zero-order chi connectivity index (χ0) is 22.4. The Morgan fingerprint density at radius 3 is 2.50 bits per heavy atom. The van der Waals surface area contributed by atoms with E-state index in [1.165, 1.54) is 13.2 Å². The van der Waals surface area contributed by atoms with Gasteiger partial charge in [0.15, 0.2) is 0 Å². The van der Waals surface area contributed by atoms with Gasteiger partial charge < -0.3 is 25.0 Å². The van der Waals surface area contributed by atoms with Crippen molar-refractivity contribution in [3.63, 3.8) is 0 Å². The molecule has 0 aliphatic carbocycles. The van der Waals surface area contributed by atoms with Gasteiger partial charge in [-0.05, 0) is 44.2 Å². The smallest absolute Gasteiger partial charge is 0.337 e. The van der Waals surface area contributed by atoms with Gasteiger partial charge in [0.1, 0.15) is 12.0 Å². The topological polar surface area (TPSA) is 94.1 Å². The predicted molar refractivity (Wildman–Crippen MR) is 118 cm³/mol. The number of hydrogen-bond donors (Lipinski definition) is 3. The first-order valence-electron chi connectivity index (χ1n) is 10.2. The van der Waals surface area contributed by atoms with Gasteiger partial charge in [-0.1, -0.05) is 26.0 Å². The largest absolute Gasteiger partial charge is 0.516 e. The number of hydrogen-bond acceptors (Lipinski definition) is 7. The number of aliphatic hydroxyl groups is 1. The number of ether oxygens (including phenoxy) is 1. The van der Waals surface area contributed by atoms with Crippen molar-refractivity contribution in [2.24, 2.45) is 0 Å². The normalized spacial score (nSPS) is 16.8. The molecule has 1 aliphatic heterocycles. The lowest BCUT2D eigenvalue weighted by atomic mass is 10.1. The van der Waals surface area contributed by atoms with Crippen LogP contribution in [-0.2, 0) is 14.3 Å². The molecule has 3 N–H and O–H groups in total. The molecule has 8 nitrogen and oxygen atoms in total. The molecule has 1 amide bonds. The highest BCUT2D eigenvalue weighted by molar-refractivity contribution is 5.91. The third kappa shape index (κ3) is 7.79. The second-order valence-corrected chi connectivity index (χ2v) is 6.58. The van der Waals surface area contributed by atoms with Crippen LogP contribution in [0.3, 0.4) is 0 Å². The predicted octanol–water partition coefficient (Wildman–Crippen LogP) is 2.17. The van der Waals surface area contributed by atoms with E-state index in [9.17, 15) is 9.59 Å². The van der Waals surface area contributed by atoms with Crippen molar-refractivity contribution in [3.05, 3.63) is 60.3 Å². The van der Waals surface area contributed by atoms with Crippen LogP contribution in [0.5, 0.6) is 0 Å². The van der Waals surface area contributed by atoms with Crippen LogP contribution in [0.4, 0.5) is 0 Å². The summed E-state index contributed by atoms with van der Waals surface area (Å²) in [5.41, 5.74) is 0.444. The first kappa shape index (κ1) is 25.0. The molecule has 0 fully saturated rings. The van der Waals surface area contributed by atoms with Crippen LogP contribution in [0.1, 0.15) is 26.7 Å². The second-order valence-electron chi connectivity index (χ2n) is 6.58. The summed E-state index contributed by atoms with van der Waals surface area (Å²) in [7, 11) is 3.12. The fourth-order valence-corrected chi connectivity index (χ4v) is 2.94. The van der Waals surface area contributed by atoms with Crippen LogP contribution in [-0.4, -0.2) is 66.7 Å². The van der Waals surface area contributed by atoms with Crippen LogP contribution in [0.25, 0.3) is 0 Å². The van der Waals surface area contributed by atoms with Gasteiger partial charge in [0, 0.05) is 19.3 Å². The molecule has 1 atom stereocenters. The van der Waals surface area contributed by atoms with Crippen molar-refractivity contribution >= 4 is 11.9 Å². The molecular formula is C22H34N4O4. The van der Waals surface area contributed by atoms with Crippen molar-refractivity contribution in [2.45, 2.75) is 32.9 Å². The number of nitrogens with zero attached hydrogens (tertiary/aromatic N) is 2. The molecule has 1 unspecified atom stereocenters. The van der Waals surface area contributed by atoms with Gasteiger partial charge in [-0.15, -0.1) is 0 Å². The van der Waals surface area contributed by atoms with Crippen LogP contribution in [0, 0.1) is 0 Å². The summed E-state index contributed by atoms with van der Waals surface area (Å²) < 4.78 is 4.79. The first-order valence-corrected chi connectivity index (χ1v) is 10.2. The fourth-order valence-electron chi connectivity index (χ4n) is 2.94. The molecular weight excluding hydrogens is 384 g/mol. The highest BCUT2D eigenvalue weighted by atomic mass is 16.5. The molecule has 0 spiro atoms. The van der Waals surface area contributed by atoms with Gasteiger partial charge in [-0.25, -0.2) is 4.79 Å². The molecule has 0 aromatic heterocycles. The van der Waals surface area contributed by atoms with E-state index in [-0.39, 0.29) is 18.6 Å². The van der Waals surface area contributed by atoms with Gasteiger partial charge in [0.25, 0.3) is 0 Å². The molecule has 0 saturated heterocycles. The number of methoxy groups -OCH3 is 1. The van der Waals surface area contributed by atoms with E-state index in [1.54, 1.807) is 43.6 Å². The number of rotatable bonds is 12. The van der Waals surface area contributed by atoms with E-state index in [0.29, 0.717) is 11.4 Å². The summed E-state index contributed by atoms with van der Waals surface area (Å²) in [4.78, 5) is 28.2. The van der Waals surface area contributed by atoms with Gasteiger partial charge in [-0.3, -0.25) is 10.1 Å². The van der Waals surface area contributed by atoms with Gasteiger partial charge in [0.05, 0.1) is 25.5 Å². The van der Waals surface area contributed by atoms with E-state index >= 15 is 0 Å². The molecule has 30 heavy (non-hydrogen) atoms. The monoisotopic (exact) mass is 418 g/mol. The second kappa shape index (κ2) is 14.1. The highest BCUT2D eigenvalue weighted by Gasteiger charge is 2.23. The summed E-state index contributed by atoms with van der Waals surface area (Å²) in [6, 6.07) is 0. The maximum atomic E-state index is 12.7. The maximum absolute atomic E-state index is 12.7. The Bertz CT molecular complexity index is 704. The summed E-state index contributed by atoms with van der Waals surface area (Å²) >= 11 is 0. The van der Waals surface area contributed by atoms with Gasteiger partial charge >= 0.3 is 5.97 Å². The Morgan fingerprint density at radius 1 is 1.23 bits per heavy atom. The van der Waals surface area contributed by atoms with Crippen LogP contribution < -0.4 is 10.6 Å². The number of allylic oxidation sites excluding steroid dienone is 4. The minimum atomic E-state index is -0.414. The lowest BCUT2D eigenvalue weighted by Gasteiger charge is -2.33. The van der Waals surface area contributed by atoms with Crippen molar-refractivity contribution in [1.29, 1.82) is 0 Å². The van der Waals surface area contributed by atoms with E-state index < -0.39 is 5.97 Å². The average molecular weight is 419 g/mol. The summed E-state index contributed by atoms with van der Waals surface area (Å²) in [6.07, 6.45) is 14.3. The Morgan fingerprint density at radius 2 is 1.93 bits per heavy atom. The molecule has 166 valence electrons. The van der Waals surface area contributed by atoms with E-state index in [2.05, 4.69) is 24.5 Å². The zero-order valence-electron chi connectivity index (χ0n) is 18.3. The minimum absolute atomic E-state index is 0.0247. The van der Waals surface area contributed by atoms with Crippen LogP contribution >= 0.6 is 0 Å². The SMILES string of the molecule is CCCN(CCC)C(=O)CN\C(=C/C=C/C=C\O)N1C=CC(C(=O)OC)=CC1NC. The van der Waals surface area contributed by atoms with E-state index in [1.807, 2.05) is 9.80 Å². The zero-order valence-corrected chi connectivity index (χ0v) is 18.3. The molecule has 0 radical (unpaired) electrons. The lowest BCUT2D eigenvalue weighted by Crippen LogP contribution is -2.46. The minimum Gasteiger partial charge on any atom is -0.516 e. The molecule has 0 aromatic carbocycles. The Balaban J connectivity index is 3.04. The molecule has 0 saturated carbocycles. The molecule has 0 aromatic rings. The van der Waals surface area contributed by atoms with Crippen molar-refractivity contribution in [3.8, 4) is 0 Å². The molecule has 1 rings (SSSR count). The number of esters is 1. The first-order chi connectivity index (χ1) is 14.5. The van der Waals surface area contributed by atoms with Crippen LogP contribution in [0.2, 0.25) is 0 Å². The summed E-state index contributed by atoms with van der Waals surface area (Å²) in [5.74, 6) is 0.272. The number of likely N-dealkylation sites (N-methyl/N-ethyl adjacent to an activating group) is 1. The maximum Gasteiger partial charge on any atom is 0.337 e. The molecule has 0 bridgehead atoms. The fraction of sp³-hybridized carbons (Fsp3) is 0.455. The van der Waals surface area contributed by atoms with E-state index in [0.717, 1.165) is 32.2 Å². The van der Waals surface area contributed by atoms with Gasteiger partial charge in [0.2, 0.25) is 5.91 Å². The van der Waals surface area contributed by atoms with Crippen molar-refractivity contribution in [2.75, 3.05) is 33.8 Å². The number of nitrogens with one attached hydrogen (secondary N) is 2. The third-order valence-electron chi connectivity index (χ3n) is 4.37. The quantitative estimate of drug-likeness (QED) is 0.254. The number of carbonyl (C=O) groups is 2. The van der Waals surface area contributed by atoms with E-state index in [4.69, 9.17) is 9.84 Å². The Kier molecular flexibility index (Phi) is 11.7. The molecule has 1 aliphatic rings. The van der Waals surface area contributed by atoms with Crippen LogP contribution in [0.15, 0.2) is 60.3 Å². The molecule has 1 heterocycles. The third-order valence-corrected chi connectivity index (χ3v) is 4.37. The summed E-state index contributed by atoms with van der Waals surface area (Å²) in [6.45, 7) is 5.69. The lowest BCUT2D eigenvalue weighted by molar-refractivity contribution is -0.135. The van der Waals surface area contributed by atoms with Crippen molar-refractivity contribution in [1.82, 2.24) is 20.4 Å². The van der Waals surface area contributed by atoms with Crippen molar-refractivity contribution < 1.29 is 19.4 Å². The standard InChI is InChI=1S/C22H34N4O4/c1-5-12-25(13-6-2)21(28)17-24-19(10-8-7-9-15-27)26-14-11-18(22(29)30-4)16-20(26)23-3/h7-11,14-16,20,23-24,27H,5-6,12-13,17H2,1-4H3/b8-7+,15-9-,19-10+. The van der Waals surface area contributed by atoms with Gasteiger partial charge in [-0.2, -0.15) is 0 Å². The summed E-state index contributed by atoms with van der Waals surface area (Å²) in [5, 5.41) is 15.1. The number of carbonyl (C=O) groups excluding carboxylic acids is 2. The number of aliphatic hydroxyl groups excluding tert-OH is 1. The molecule has 8 heteroatoms. The Hall–Kier alpha value is -3.00. The highest BCUT2D eigenvalue weighted by Crippen LogP contribution is 2.17. The average Bonchev–Trinajstić information content (AvgIpc) is 2.77. The number of amides is 1.